The Hall–Kier alpha value is -1.75. The predicted molar refractivity (Wildman–Crippen MR) is 74.5 cm³/mol. The van der Waals surface area contributed by atoms with E-state index < -0.39 is 0 Å². The quantitative estimate of drug-likeness (QED) is 0.841. The summed E-state index contributed by atoms with van der Waals surface area (Å²) < 4.78 is 5.25. The molecule has 1 saturated heterocycles. The van der Waals surface area contributed by atoms with Crippen LogP contribution in [0.1, 0.15) is 17.2 Å². The van der Waals surface area contributed by atoms with Crippen molar-refractivity contribution in [1.29, 1.82) is 0 Å². The Balaban J connectivity index is 2.07. The van der Waals surface area contributed by atoms with Crippen LogP contribution < -0.4 is 15.4 Å². The van der Waals surface area contributed by atoms with E-state index in [1.807, 2.05) is 31.0 Å². The van der Waals surface area contributed by atoms with Crippen LogP contribution in [-0.2, 0) is 0 Å². The molecule has 1 heterocycles. The van der Waals surface area contributed by atoms with Gasteiger partial charge in [-0.1, -0.05) is 12.1 Å². The zero-order valence-electron chi connectivity index (χ0n) is 11.7. The number of carbonyl (C=O) groups is 1. The Labute approximate surface area is 113 Å². The summed E-state index contributed by atoms with van der Waals surface area (Å²) in [5.74, 6) is 0.875. The van der Waals surface area contributed by atoms with E-state index >= 15 is 0 Å². The molecule has 1 unspecified atom stereocenters. The van der Waals surface area contributed by atoms with Gasteiger partial charge in [-0.2, -0.15) is 0 Å². The molecule has 1 aliphatic rings. The highest BCUT2D eigenvalue weighted by molar-refractivity contribution is 5.77. The van der Waals surface area contributed by atoms with Crippen molar-refractivity contribution in [2.45, 2.75) is 13.0 Å². The third-order valence-electron chi connectivity index (χ3n) is 3.44. The Morgan fingerprint density at radius 2 is 2.32 bits per heavy atom. The number of likely N-dealkylation sites (N-methyl/N-ethyl adjacent to an activating group) is 1. The van der Waals surface area contributed by atoms with Crippen LogP contribution >= 0.6 is 0 Å². The number of amides is 2. The van der Waals surface area contributed by atoms with Crippen molar-refractivity contribution in [3.05, 3.63) is 29.3 Å². The van der Waals surface area contributed by atoms with Crippen LogP contribution in [0.15, 0.2) is 18.2 Å². The van der Waals surface area contributed by atoms with Gasteiger partial charge in [-0.25, -0.2) is 4.79 Å². The third-order valence-corrected chi connectivity index (χ3v) is 3.44. The van der Waals surface area contributed by atoms with E-state index in [9.17, 15) is 4.79 Å². The number of methoxy groups -OCH3 is 1. The van der Waals surface area contributed by atoms with E-state index in [0.29, 0.717) is 6.54 Å². The highest BCUT2D eigenvalue weighted by Gasteiger charge is 2.29. The number of hydrogen-bond acceptors (Lipinski definition) is 3. The van der Waals surface area contributed by atoms with Crippen molar-refractivity contribution in [1.82, 2.24) is 15.5 Å². The van der Waals surface area contributed by atoms with Crippen LogP contribution in [0.2, 0.25) is 0 Å². The fourth-order valence-corrected chi connectivity index (χ4v) is 2.34. The molecule has 5 heteroatoms. The molecular weight excluding hydrogens is 242 g/mol. The lowest BCUT2D eigenvalue weighted by molar-refractivity contribution is 0.218. The molecule has 2 rings (SSSR count). The van der Waals surface area contributed by atoms with Crippen molar-refractivity contribution in [3.63, 3.8) is 0 Å². The molecule has 1 aromatic rings. The normalized spacial score (nSPS) is 18.6. The van der Waals surface area contributed by atoms with Gasteiger partial charge in [-0.15, -0.1) is 0 Å². The van der Waals surface area contributed by atoms with Crippen LogP contribution in [0.3, 0.4) is 0 Å². The number of ether oxygens (including phenoxy) is 1. The molecule has 104 valence electrons. The van der Waals surface area contributed by atoms with Crippen LogP contribution in [0.5, 0.6) is 5.75 Å². The number of nitrogens with one attached hydrogen (secondary N) is 2. The van der Waals surface area contributed by atoms with E-state index in [1.165, 1.54) is 0 Å². The molecule has 0 saturated carbocycles. The Bertz CT molecular complexity index is 462. The largest absolute Gasteiger partial charge is 0.496 e. The Morgan fingerprint density at radius 3 is 2.95 bits per heavy atom. The number of benzene rings is 1. The highest BCUT2D eigenvalue weighted by Crippen LogP contribution is 2.25. The summed E-state index contributed by atoms with van der Waals surface area (Å²) in [5, 5.41) is 6.07. The van der Waals surface area contributed by atoms with Crippen LogP contribution in [-0.4, -0.2) is 44.7 Å². The minimum Gasteiger partial charge on any atom is -0.496 e. The van der Waals surface area contributed by atoms with E-state index in [4.69, 9.17) is 4.74 Å². The first kappa shape index (κ1) is 13.7. The van der Waals surface area contributed by atoms with Gasteiger partial charge >= 0.3 is 6.03 Å². The highest BCUT2D eigenvalue weighted by atomic mass is 16.5. The molecule has 1 atom stereocenters. The predicted octanol–water partition coefficient (Wildman–Crippen LogP) is 1.29. The second-order valence-electron chi connectivity index (χ2n) is 4.78. The monoisotopic (exact) mass is 263 g/mol. The van der Waals surface area contributed by atoms with Gasteiger partial charge in [0.1, 0.15) is 5.75 Å². The fraction of sp³-hybridized carbons (Fsp3) is 0.500. The topological polar surface area (TPSA) is 53.6 Å². The van der Waals surface area contributed by atoms with E-state index in [0.717, 1.165) is 30.0 Å². The molecule has 19 heavy (non-hydrogen) atoms. The first-order valence-corrected chi connectivity index (χ1v) is 6.50. The number of rotatable bonds is 5. The van der Waals surface area contributed by atoms with Gasteiger partial charge in [0.15, 0.2) is 0 Å². The number of aryl methyl sites for hydroxylation is 1. The van der Waals surface area contributed by atoms with Gasteiger partial charge in [0, 0.05) is 19.6 Å². The minimum absolute atomic E-state index is 0.00808. The summed E-state index contributed by atoms with van der Waals surface area (Å²) in [6, 6.07) is 6.11. The molecule has 1 aliphatic heterocycles. The maximum Gasteiger partial charge on any atom is 0.318 e. The van der Waals surface area contributed by atoms with Crippen molar-refractivity contribution >= 4 is 6.03 Å². The molecule has 1 aromatic carbocycles. The number of nitrogens with zero attached hydrogens (tertiary/aromatic N) is 1. The summed E-state index contributed by atoms with van der Waals surface area (Å²) >= 11 is 0. The standard InChI is InChI=1S/C14H21N3O2/c1-10-8-11(4-5-13(10)19-3)12-9-17(7-6-15-2)14(18)16-12/h4-5,8,12,15H,6-7,9H2,1-3H3,(H,16,18). The average molecular weight is 263 g/mol. The van der Waals surface area contributed by atoms with E-state index in [1.54, 1.807) is 7.11 Å². The van der Waals surface area contributed by atoms with Crippen molar-refractivity contribution in [2.75, 3.05) is 33.8 Å². The summed E-state index contributed by atoms with van der Waals surface area (Å²) in [7, 11) is 3.55. The van der Waals surface area contributed by atoms with E-state index in [2.05, 4.69) is 16.7 Å². The SMILES string of the molecule is CNCCN1CC(c2ccc(OC)c(C)c2)NC1=O. The minimum atomic E-state index is 0.00808. The van der Waals surface area contributed by atoms with Gasteiger partial charge in [0.25, 0.3) is 0 Å². The number of hydrogen-bond donors (Lipinski definition) is 2. The average Bonchev–Trinajstić information content (AvgIpc) is 2.77. The van der Waals surface area contributed by atoms with Crippen LogP contribution in [0, 0.1) is 6.92 Å². The van der Waals surface area contributed by atoms with Crippen molar-refractivity contribution in [3.8, 4) is 5.75 Å². The van der Waals surface area contributed by atoms with Gasteiger partial charge in [0.05, 0.1) is 13.2 Å². The maximum absolute atomic E-state index is 11.8. The molecule has 0 radical (unpaired) electrons. The molecule has 2 N–H and O–H groups in total. The van der Waals surface area contributed by atoms with Gasteiger partial charge in [-0.3, -0.25) is 0 Å². The molecule has 0 bridgehead atoms. The molecule has 0 aliphatic carbocycles. The second kappa shape index (κ2) is 5.93. The molecule has 0 aromatic heterocycles. The first-order chi connectivity index (χ1) is 9.15. The lowest BCUT2D eigenvalue weighted by Crippen LogP contribution is -2.33. The Morgan fingerprint density at radius 1 is 1.53 bits per heavy atom. The molecule has 5 nitrogen and oxygen atoms in total. The van der Waals surface area contributed by atoms with Crippen molar-refractivity contribution < 1.29 is 9.53 Å². The second-order valence-corrected chi connectivity index (χ2v) is 4.78. The molecule has 2 amide bonds. The third kappa shape index (κ3) is 2.98. The number of carbonyl (C=O) groups excluding carboxylic acids is 1. The first-order valence-electron chi connectivity index (χ1n) is 6.50. The van der Waals surface area contributed by atoms with Gasteiger partial charge in [-0.05, 0) is 31.2 Å². The zero-order chi connectivity index (χ0) is 13.8. The molecular formula is C14H21N3O2. The zero-order valence-corrected chi connectivity index (χ0v) is 11.7. The van der Waals surface area contributed by atoms with Gasteiger partial charge in [0.2, 0.25) is 0 Å². The van der Waals surface area contributed by atoms with Crippen LogP contribution in [0.4, 0.5) is 4.79 Å². The smallest absolute Gasteiger partial charge is 0.318 e. The molecule has 0 spiro atoms. The van der Waals surface area contributed by atoms with Gasteiger partial charge < -0.3 is 20.3 Å². The number of urea groups is 1. The Kier molecular flexibility index (Phi) is 4.27. The lowest BCUT2D eigenvalue weighted by Gasteiger charge is -2.15. The maximum atomic E-state index is 11.8. The van der Waals surface area contributed by atoms with Crippen molar-refractivity contribution in [2.24, 2.45) is 0 Å². The summed E-state index contributed by atoms with van der Waals surface area (Å²) in [6.45, 7) is 4.26. The summed E-state index contributed by atoms with van der Waals surface area (Å²) in [5.41, 5.74) is 2.21. The lowest BCUT2D eigenvalue weighted by atomic mass is 10.0. The fourth-order valence-electron chi connectivity index (χ4n) is 2.34. The summed E-state index contributed by atoms with van der Waals surface area (Å²) in [4.78, 5) is 13.7. The summed E-state index contributed by atoms with van der Waals surface area (Å²) in [6.07, 6.45) is 0. The van der Waals surface area contributed by atoms with Crippen LogP contribution in [0.25, 0.3) is 0 Å². The van der Waals surface area contributed by atoms with E-state index in [-0.39, 0.29) is 12.1 Å². The molecule has 1 fully saturated rings.